The second-order valence-electron chi connectivity index (χ2n) is 2.44. The molecule has 1 aliphatic heterocycles. The maximum Gasteiger partial charge on any atom is 0.334 e. The second kappa shape index (κ2) is 2.87. The van der Waals surface area contributed by atoms with Gasteiger partial charge in [0.25, 0.3) is 5.91 Å². The number of nitrogens with zero attached hydrogens (tertiary/aromatic N) is 1. The molecule has 1 heterocycles. The van der Waals surface area contributed by atoms with E-state index < -0.39 is 6.04 Å². The highest BCUT2D eigenvalue weighted by molar-refractivity contribution is 5.84. The van der Waals surface area contributed by atoms with E-state index in [1.165, 1.54) is 0 Å². The molecule has 1 fully saturated rings. The van der Waals surface area contributed by atoms with Crippen LogP contribution < -0.4 is 5.73 Å². The Balaban J connectivity index is 2.50. The summed E-state index contributed by atoms with van der Waals surface area (Å²) in [6.07, 6.45) is 0.262. The van der Waals surface area contributed by atoms with Crippen LogP contribution in [0.3, 0.4) is 0 Å². The van der Waals surface area contributed by atoms with Crippen LogP contribution in [0.4, 0.5) is 0 Å². The molecule has 11 heavy (non-hydrogen) atoms. The SMILES string of the molecule is C[C@H](N)C(=O)N1CCC(=O)O1. The molecule has 0 aromatic heterocycles. The van der Waals surface area contributed by atoms with E-state index in [-0.39, 0.29) is 18.3 Å². The van der Waals surface area contributed by atoms with Gasteiger partial charge in [-0.1, -0.05) is 0 Å². The number of rotatable bonds is 1. The largest absolute Gasteiger partial charge is 0.338 e. The van der Waals surface area contributed by atoms with Gasteiger partial charge in [-0.2, -0.15) is 5.06 Å². The van der Waals surface area contributed by atoms with Crippen molar-refractivity contribution in [2.24, 2.45) is 5.73 Å². The number of carbonyl (C=O) groups is 2. The maximum atomic E-state index is 11.0. The third-order valence-corrected chi connectivity index (χ3v) is 1.37. The van der Waals surface area contributed by atoms with Crippen LogP contribution in [0, 0.1) is 0 Å². The summed E-state index contributed by atoms with van der Waals surface area (Å²) in [4.78, 5) is 26.1. The van der Waals surface area contributed by atoms with Crippen molar-refractivity contribution in [2.75, 3.05) is 6.54 Å². The number of hydroxylamine groups is 2. The first kappa shape index (κ1) is 8.00. The molecule has 0 aromatic carbocycles. The maximum absolute atomic E-state index is 11.0. The zero-order valence-electron chi connectivity index (χ0n) is 6.24. The molecule has 1 rings (SSSR count). The summed E-state index contributed by atoms with van der Waals surface area (Å²) in [5.41, 5.74) is 5.28. The van der Waals surface area contributed by atoms with Crippen LogP contribution in [0.1, 0.15) is 13.3 Å². The molecule has 0 bridgehead atoms. The Morgan fingerprint density at radius 3 is 2.82 bits per heavy atom. The topological polar surface area (TPSA) is 72.6 Å². The molecule has 1 saturated heterocycles. The monoisotopic (exact) mass is 158 g/mol. The summed E-state index contributed by atoms with van der Waals surface area (Å²) in [5, 5.41) is 1.01. The summed E-state index contributed by atoms with van der Waals surface area (Å²) in [6.45, 7) is 1.87. The normalized spacial score (nSPS) is 19.8. The van der Waals surface area contributed by atoms with Crippen LogP contribution >= 0.6 is 0 Å². The molecule has 1 aliphatic rings. The van der Waals surface area contributed by atoms with Gasteiger partial charge < -0.3 is 10.6 Å². The van der Waals surface area contributed by atoms with E-state index in [0.717, 1.165) is 5.06 Å². The molecule has 0 saturated carbocycles. The summed E-state index contributed by atoms with van der Waals surface area (Å²) in [6, 6.07) is -0.610. The number of nitrogens with two attached hydrogens (primary N) is 1. The van der Waals surface area contributed by atoms with E-state index in [0.29, 0.717) is 6.54 Å². The molecule has 1 atom stereocenters. The van der Waals surface area contributed by atoms with Crippen LogP contribution in [-0.4, -0.2) is 29.5 Å². The van der Waals surface area contributed by atoms with E-state index in [4.69, 9.17) is 5.73 Å². The van der Waals surface area contributed by atoms with Crippen molar-refractivity contribution in [2.45, 2.75) is 19.4 Å². The number of carbonyl (C=O) groups excluding carboxylic acids is 2. The van der Waals surface area contributed by atoms with Gasteiger partial charge in [0, 0.05) is 0 Å². The highest BCUT2D eigenvalue weighted by Gasteiger charge is 2.27. The smallest absolute Gasteiger partial charge is 0.334 e. The summed E-state index contributed by atoms with van der Waals surface area (Å²) in [5.74, 6) is -0.727. The minimum atomic E-state index is -0.610. The highest BCUT2D eigenvalue weighted by Crippen LogP contribution is 2.06. The van der Waals surface area contributed by atoms with Gasteiger partial charge in [-0.15, -0.1) is 0 Å². The Labute approximate surface area is 64.0 Å². The standard InChI is InChI=1S/C6H10N2O3/c1-4(7)6(10)8-3-2-5(9)11-8/h4H,2-3,7H2,1H3/t4-/m0/s1. The van der Waals surface area contributed by atoms with Crippen LogP contribution in [-0.2, 0) is 14.4 Å². The lowest BCUT2D eigenvalue weighted by molar-refractivity contribution is -0.182. The lowest BCUT2D eigenvalue weighted by atomic mass is 10.3. The Morgan fingerprint density at radius 1 is 1.82 bits per heavy atom. The van der Waals surface area contributed by atoms with Crippen molar-refractivity contribution in [3.05, 3.63) is 0 Å². The average Bonchev–Trinajstić information content (AvgIpc) is 2.34. The van der Waals surface area contributed by atoms with Crippen LogP contribution in [0.5, 0.6) is 0 Å². The van der Waals surface area contributed by atoms with Crippen molar-refractivity contribution in [1.29, 1.82) is 0 Å². The van der Waals surface area contributed by atoms with Crippen LogP contribution in [0.2, 0.25) is 0 Å². The fraction of sp³-hybridized carbons (Fsp3) is 0.667. The van der Waals surface area contributed by atoms with Gasteiger partial charge in [0.1, 0.15) is 0 Å². The summed E-state index contributed by atoms with van der Waals surface area (Å²) >= 11 is 0. The Hall–Kier alpha value is -1.10. The molecular formula is C6H10N2O3. The second-order valence-corrected chi connectivity index (χ2v) is 2.44. The van der Waals surface area contributed by atoms with E-state index >= 15 is 0 Å². The summed E-state index contributed by atoms with van der Waals surface area (Å²) < 4.78 is 0. The molecule has 1 amide bonds. The minimum absolute atomic E-state index is 0.262. The van der Waals surface area contributed by atoms with Crippen molar-refractivity contribution in [3.63, 3.8) is 0 Å². The Morgan fingerprint density at radius 2 is 2.45 bits per heavy atom. The molecule has 0 aliphatic carbocycles. The van der Waals surface area contributed by atoms with Gasteiger partial charge in [0.05, 0.1) is 19.0 Å². The van der Waals surface area contributed by atoms with Gasteiger partial charge in [0.2, 0.25) is 0 Å². The van der Waals surface area contributed by atoms with Crippen molar-refractivity contribution in [3.8, 4) is 0 Å². The van der Waals surface area contributed by atoms with E-state index in [1.807, 2.05) is 0 Å². The molecule has 0 radical (unpaired) electrons. The number of hydrogen-bond donors (Lipinski definition) is 1. The predicted octanol–water partition coefficient (Wildman–Crippen LogP) is -0.976. The lowest BCUT2D eigenvalue weighted by Crippen LogP contribution is -2.39. The first-order valence-electron chi connectivity index (χ1n) is 3.39. The third kappa shape index (κ3) is 1.68. The third-order valence-electron chi connectivity index (χ3n) is 1.37. The molecule has 5 heteroatoms. The van der Waals surface area contributed by atoms with Gasteiger partial charge in [-0.05, 0) is 6.92 Å². The highest BCUT2D eigenvalue weighted by atomic mass is 16.7. The summed E-state index contributed by atoms with van der Waals surface area (Å²) in [7, 11) is 0. The van der Waals surface area contributed by atoms with Gasteiger partial charge >= 0.3 is 5.97 Å². The number of amides is 1. The van der Waals surface area contributed by atoms with E-state index in [1.54, 1.807) is 6.92 Å². The predicted molar refractivity (Wildman–Crippen MR) is 36.1 cm³/mol. The first-order valence-corrected chi connectivity index (χ1v) is 3.39. The first-order chi connectivity index (χ1) is 5.11. The van der Waals surface area contributed by atoms with Crippen LogP contribution in [0.25, 0.3) is 0 Å². The zero-order valence-corrected chi connectivity index (χ0v) is 6.24. The Bertz CT molecular complexity index is 190. The van der Waals surface area contributed by atoms with Crippen molar-refractivity contribution >= 4 is 11.9 Å². The Kier molecular flexibility index (Phi) is 2.09. The average molecular weight is 158 g/mol. The molecule has 62 valence electrons. The lowest BCUT2D eigenvalue weighted by Gasteiger charge is -2.14. The van der Waals surface area contributed by atoms with E-state index in [9.17, 15) is 9.59 Å². The zero-order chi connectivity index (χ0) is 8.43. The molecular weight excluding hydrogens is 148 g/mol. The molecule has 5 nitrogen and oxygen atoms in total. The van der Waals surface area contributed by atoms with Gasteiger partial charge in [-0.25, -0.2) is 4.79 Å². The molecule has 2 N–H and O–H groups in total. The van der Waals surface area contributed by atoms with Gasteiger partial charge in [-0.3, -0.25) is 4.79 Å². The fourth-order valence-corrected chi connectivity index (χ4v) is 0.789. The fourth-order valence-electron chi connectivity index (χ4n) is 0.789. The van der Waals surface area contributed by atoms with Gasteiger partial charge in [0.15, 0.2) is 0 Å². The van der Waals surface area contributed by atoms with Crippen molar-refractivity contribution < 1.29 is 14.4 Å². The van der Waals surface area contributed by atoms with Crippen LogP contribution in [0.15, 0.2) is 0 Å². The number of hydrogen-bond acceptors (Lipinski definition) is 4. The molecule has 0 spiro atoms. The minimum Gasteiger partial charge on any atom is -0.338 e. The van der Waals surface area contributed by atoms with Crippen molar-refractivity contribution in [1.82, 2.24) is 5.06 Å². The molecule has 0 aromatic rings. The molecule has 0 unspecified atom stereocenters. The quantitative estimate of drug-likeness (QED) is 0.532. The van der Waals surface area contributed by atoms with E-state index in [2.05, 4.69) is 4.84 Å².